The van der Waals surface area contributed by atoms with Gasteiger partial charge >= 0.3 is 6.09 Å². The number of rotatable bonds is 19. The number of alkyl carbamates (subject to hydrolysis) is 1. The monoisotopic (exact) mass is 715 g/mol. The number of fused-ring (bicyclic) bond motifs is 2. The fraction of sp³-hybridized carbons (Fsp3) is 0.436. The van der Waals surface area contributed by atoms with Crippen molar-refractivity contribution >= 4 is 37.7 Å². The number of benzene rings is 3. The van der Waals surface area contributed by atoms with Crippen LogP contribution in [0.4, 0.5) is 10.5 Å². The highest BCUT2D eigenvalue weighted by atomic mass is 31.1. The molecule has 0 radical (unpaired) electrons. The second-order valence-electron chi connectivity index (χ2n) is 12.2. The molecular formula is C39H50N5O6P. The van der Waals surface area contributed by atoms with E-state index in [1.54, 1.807) is 11.9 Å². The van der Waals surface area contributed by atoms with Crippen LogP contribution >= 0.6 is 9.03 Å². The van der Waals surface area contributed by atoms with Gasteiger partial charge in [-0.15, -0.1) is 0 Å². The van der Waals surface area contributed by atoms with Gasteiger partial charge in [-0.2, -0.15) is 5.26 Å². The molecule has 2 aromatic rings. The Kier molecular flexibility index (Phi) is 15.7. The molecule has 0 saturated carbocycles. The maximum absolute atomic E-state index is 14.0. The normalized spacial score (nSPS) is 11.7. The second kappa shape index (κ2) is 20.4. The molecule has 1 aliphatic carbocycles. The highest BCUT2D eigenvalue weighted by Gasteiger charge is 2.24. The summed E-state index contributed by atoms with van der Waals surface area (Å²) in [6.45, 7) is 11.4. The number of hydrogen-bond donors (Lipinski definition) is 2. The topological polar surface area (TPSA) is 138 Å². The number of hydrogen-bond acceptors (Lipinski definition) is 9. The molecule has 1 aliphatic heterocycles. The summed E-state index contributed by atoms with van der Waals surface area (Å²) in [5.74, 6) is 0.519. The summed E-state index contributed by atoms with van der Waals surface area (Å²) < 4.78 is 22.5. The molecule has 51 heavy (non-hydrogen) atoms. The molecule has 2 N–H and O–H groups in total. The van der Waals surface area contributed by atoms with Crippen LogP contribution in [0, 0.1) is 25.2 Å². The summed E-state index contributed by atoms with van der Waals surface area (Å²) in [4.78, 5) is 32.6. The third-order valence-corrected chi connectivity index (χ3v) is 9.03. The van der Waals surface area contributed by atoms with Crippen molar-refractivity contribution in [3.05, 3.63) is 70.6 Å². The van der Waals surface area contributed by atoms with Crippen molar-refractivity contribution in [1.29, 1.82) is 5.26 Å². The number of ether oxygens (including phenoxy) is 1. The third kappa shape index (κ3) is 11.0. The van der Waals surface area contributed by atoms with Crippen molar-refractivity contribution in [3.63, 3.8) is 0 Å². The van der Waals surface area contributed by atoms with Crippen molar-refractivity contribution < 1.29 is 27.8 Å². The fourth-order valence-electron chi connectivity index (χ4n) is 5.79. The molecule has 11 nitrogen and oxygen atoms in total. The highest BCUT2D eigenvalue weighted by Crippen LogP contribution is 2.43. The SMILES string of the molecule is CCN=c1cc2oc3cc(NCC)c(C)cc3c(-c3ccccc3C(=O)N(C)CCOC(=O)NCCCCCCOPOCCC#N)c-2cc1C. The van der Waals surface area contributed by atoms with Crippen molar-refractivity contribution in [1.82, 2.24) is 10.2 Å². The van der Waals surface area contributed by atoms with Crippen LogP contribution in [0.2, 0.25) is 0 Å². The number of nitrogens with one attached hydrogen (secondary N) is 2. The molecule has 0 aromatic heterocycles. The smallest absolute Gasteiger partial charge is 0.407 e. The number of unbranched alkanes of at least 4 members (excludes halogenated alkanes) is 3. The summed E-state index contributed by atoms with van der Waals surface area (Å²) in [6, 6.07) is 17.9. The van der Waals surface area contributed by atoms with E-state index in [0.29, 0.717) is 49.6 Å². The third-order valence-electron chi connectivity index (χ3n) is 8.39. The van der Waals surface area contributed by atoms with E-state index in [1.807, 2.05) is 56.3 Å². The maximum Gasteiger partial charge on any atom is 0.407 e. The molecule has 0 fully saturated rings. The van der Waals surface area contributed by atoms with Crippen LogP contribution in [0.15, 0.2) is 57.9 Å². The van der Waals surface area contributed by atoms with Crippen LogP contribution < -0.4 is 16.0 Å². The van der Waals surface area contributed by atoms with Crippen LogP contribution in [0.5, 0.6) is 0 Å². The van der Waals surface area contributed by atoms with E-state index in [0.717, 1.165) is 76.5 Å². The molecule has 1 atom stereocenters. The molecule has 272 valence electrons. The van der Waals surface area contributed by atoms with Gasteiger partial charge in [-0.05, 0) is 75.4 Å². The van der Waals surface area contributed by atoms with Gasteiger partial charge in [0.15, 0.2) is 9.03 Å². The van der Waals surface area contributed by atoms with E-state index in [1.165, 1.54) is 0 Å². The van der Waals surface area contributed by atoms with E-state index < -0.39 is 6.09 Å². The Hall–Kier alpha value is -4.49. The summed E-state index contributed by atoms with van der Waals surface area (Å²) in [7, 11) is 1.68. The first kappa shape index (κ1) is 39.3. The van der Waals surface area contributed by atoms with Gasteiger partial charge in [0.2, 0.25) is 0 Å². The van der Waals surface area contributed by atoms with Gasteiger partial charge in [0.25, 0.3) is 5.91 Å². The fourth-order valence-corrected chi connectivity index (χ4v) is 6.28. The lowest BCUT2D eigenvalue weighted by Crippen LogP contribution is -2.33. The van der Waals surface area contributed by atoms with Gasteiger partial charge in [0, 0.05) is 66.6 Å². The minimum Gasteiger partial charge on any atom is -0.456 e. The van der Waals surface area contributed by atoms with E-state index in [4.69, 9.17) is 23.5 Å². The number of carbonyl (C=O) groups is 2. The van der Waals surface area contributed by atoms with Crippen molar-refractivity contribution in [2.24, 2.45) is 4.99 Å². The minimum atomic E-state index is -0.502. The van der Waals surface area contributed by atoms with Crippen molar-refractivity contribution in [2.45, 2.75) is 59.8 Å². The van der Waals surface area contributed by atoms with Crippen LogP contribution in [0.25, 0.3) is 33.4 Å². The predicted molar refractivity (Wildman–Crippen MR) is 203 cm³/mol. The van der Waals surface area contributed by atoms with Gasteiger partial charge in [-0.3, -0.25) is 9.79 Å². The molecule has 4 rings (SSSR count). The Balaban J connectivity index is 1.41. The molecule has 12 heteroatoms. The number of nitrogens with zero attached hydrogens (tertiary/aromatic N) is 3. The van der Waals surface area contributed by atoms with Gasteiger partial charge < -0.3 is 33.7 Å². The first-order valence-electron chi connectivity index (χ1n) is 17.7. The Morgan fingerprint density at radius 2 is 1.75 bits per heavy atom. The lowest BCUT2D eigenvalue weighted by atomic mass is 9.89. The molecule has 1 unspecified atom stereocenters. The van der Waals surface area contributed by atoms with Crippen LogP contribution in [-0.4, -0.2) is 69.9 Å². The molecule has 0 spiro atoms. The number of nitriles is 1. The standard InChI is InChI=1S/C39H50N5O6P/c1-6-41-33-25-35-31(23-27(33)3)37(32-24-28(4)34(42-7-2)26-36(32)50-35)29-15-10-11-16-30(29)38(45)44(5)19-22-47-39(46)43-18-12-8-9-13-20-48-51-49-21-14-17-40/h10-11,15-16,23-26,41,51H,6-9,12-14,18-22H2,1-5H3,(H,43,46). The van der Waals surface area contributed by atoms with Gasteiger partial charge in [0.05, 0.1) is 37.6 Å². The molecule has 2 aromatic carbocycles. The molecular weight excluding hydrogens is 665 g/mol. The van der Waals surface area contributed by atoms with E-state index in [-0.39, 0.29) is 28.1 Å². The van der Waals surface area contributed by atoms with E-state index in [9.17, 15) is 9.59 Å². The van der Waals surface area contributed by atoms with Crippen molar-refractivity contribution in [2.75, 3.05) is 58.4 Å². The quantitative estimate of drug-likeness (QED) is 0.0566. The second-order valence-corrected chi connectivity index (χ2v) is 13.0. The van der Waals surface area contributed by atoms with Crippen molar-refractivity contribution in [3.8, 4) is 28.5 Å². The predicted octanol–water partition coefficient (Wildman–Crippen LogP) is 7.99. The Morgan fingerprint density at radius 3 is 2.53 bits per heavy atom. The van der Waals surface area contributed by atoms with Gasteiger partial charge in [0.1, 0.15) is 18.0 Å². The van der Waals surface area contributed by atoms with Crippen LogP contribution in [0.3, 0.4) is 0 Å². The number of amides is 2. The summed E-state index contributed by atoms with van der Waals surface area (Å²) in [6.07, 6.45) is 3.52. The zero-order valence-electron chi connectivity index (χ0n) is 30.4. The number of carbonyl (C=O) groups excluding carboxylic acids is 2. The molecule has 2 amide bonds. The molecule has 1 heterocycles. The van der Waals surface area contributed by atoms with Crippen LogP contribution in [-0.2, 0) is 13.8 Å². The summed E-state index contributed by atoms with van der Waals surface area (Å²) >= 11 is 0. The average Bonchev–Trinajstić information content (AvgIpc) is 3.12. The lowest BCUT2D eigenvalue weighted by molar-refractivity contribution is 0.0745. The molecule has 2 aliphatic rings. The Bertz CT molecular complexity index is 1850. The number of aryl methyl sites for hydroxylation is 2. The van der Waals surface area contributed by atoms with E-state index >= 15 is 0 Å². The van der Waals surface area contributed by atoms with Gasteiger partial charge in [-0.1, -0.05) is 31.0 Å². The van der Waals surface area contributed by atoms with E-state index in [2.05, 4.69) is 41.6 Å². The summed E-state index contributed by atoms with van der Waals surface area (Å²) in [5, 5.41) is 16.5. The van der Waals surface area contributed by atoms with Gasteiger partial charge in [-0.25, -0.2) is 4.79 Å². The first-order chi connectivity index (χ1) is 24.8. The zero-order valence-corrected chi connectivity index (χ0v) is 31.4. The molecule has 0 saturated heterocycles. The highest BCUT2D eigenvalue weighted by molar-refractivity contribution is 7.26. The maximum atomic E-state index is 14.0. The zero-order chi connectivity index (χ0) is 36.6. The minimum absolute atomic E-state index is 0.0365. The lowest BCUT2D eigenvalue weighted by Gasteiger charge is -2.22. The Labute approximate surface area is 302 Å². The molecule has 0 bridgehead atoms. The average molecular weight is 716 g/mol. The largest absolute Gasteiger partial charge is 0.456 e. The number of likely N-dealkylation sites (N-methyl/N-ethyl adjacent to an activating group) is 1. The first-order valence-corrected chi connectivity index (χ1v) is 18.5. The number of anilines is 1. The summed E-state index contributed by atoms with van der Waals surface area (Å²) in [5.41, 5.74) is 6.98. The Morgan fingerprint density at radius 1 is 0.961 bits per heavy atom. The van der Waals surface area contributed by atoms with Crippen LogP contribution in [0.1, 0.15) is 67.4 Å².